The SMILES string of the molecule is CCn1c(=O)c(=C(C)CNc2cccc(NC(=O)COCCOC)c2)s/c1=C(/C#N)C(=O)NC(C)(C)CO. The quantitative estimate of drug-likeness (QED) is 0.263. The molecule has 0 unspecified atom stereocenters. The Balaban J connectivity index is 2.27. The molecular formula is C26H35N5O6S. The van der Waals surface area contributed by atoms with Gasteiger partial charge in [-0.3, -0.25) is 19.0 Å². The highest BCUT2D eigenvalue weighted by Gasteiger charge is 2.23. The first-order chi connectivity index (χ1) is 18.1. The van der Waals surface area contributed by atoms with Crippen LogP contribution in [0.3, 0.4) is 0 Å². The summed E-state index contributed by atoms with van der Waals surface area (Å²) in [7, 11) is 1.56. The van der Waals surface area contributed by atoms with E-state index in [0.29, 0.717) is 30.0 Å². The average Bonchev–Trinajstić information content (AvgIpc) is 3.21. The lowest BCUT2D eigenvalue weighted by Gasteiger charge is -2.22. The molecule has 2 rings (SSSR count). The van der Waals surface area contributed by atoms with Crippen molar-refractivity contribution in [1.29, 1.82) is 5.26 Å². The van der Waals surface area contributed by atoms with Gasteiger partial charge in [-0.15, -0.1) is 11.3 Å². The Bertz CT molecular complexity index is 1360. The minimum atomic E-state index is -0.923. The van der Waals surface area contributed by atoms with Gasteiger partial charge in [0.05, 0.1) is 29.9 Å². The summed E-state index contributed by atoms with van der Waals surface area (Å²) in [6, 6.07) is 9.05. The van der Waals surface area contributed by atoms with Crippen LogP contribution in [0.5, 0.6) is 0 Å². The van der Waals surface area contributed by atoms with Gasteiger partial charge in [-0.05, 0) is 51.5 Å². The number of nitriles is 1. The number of hydrogen-bond acceptors (Lipinski definition) is 9. The second-order valence-corrected chi connectivity index (χ2v) is 10.1. The number of amides is 2. The Kier molecular flexibility index (Phi) is 11.7. The van der Waals surface area contributed by atoms with Crippen molar-refractivity contribution in [3.8, 4) is 6.07 Å². The summed E-state index contributed by atoms with van der Waals surface area (Å²) in [6.45, 7) is 7.77. The van der Waals surface area contributed by atoms with Crippen molar-refractivity contribution in [1.82, 2.24) is 9.88 Å². The molecule has 12 heteroatoms. The van der Waals surface area contributed by atoms with E-state index in [1.54, 1.807) is 53.0 Å². The van der Waals surface area contributed by atoms with Crippen LogP contribution < -0.4 is 30.7 Å². The molecule has 4 N–H and O–H groups in total. The highest BCUT2D eigenvalue weighted by molar-refractivity contribution is 7.07. The number of benzene rings is 1. The molecule has 0 aliphatic carbocycles. The van der Waals surface area contributed by atoms with Gasteiger partial charge in [-0.1, -0.05) is 6.07 Å². The number of carbonyl (C=O) groups excluding carboxylic acids is 2. The molecular weight excluding hydrogens is 510 g/mol. The van der Waals surface area contributed by atoms with E-state index >= 15 is 0 Å². The van der Waals surface area contributed by atoms with Crippen LogP contribution >= 0.6 is 11.3 Å². The van der Waals surface area contributed by atoms with Crippen LogP contribution in [-0.2, 0) is 25.6 Å². The Morgan fingerprint density at radius 1 is 1.24 bits per heavy atom. The second kappa shape index (κ2) is 14.4. The van der Waals surface area contributed by atoms with Crippen molar-refractivity contribution in [2.45, 2.75) is 39.8 Å². The summed E-state index contributed by atoms with van der Waals surface area (Å²) in [5.74, 6) is -0.941. The van der Waals surface area contributed by atoms with E-state index in [1.165, 1.54) is 4.57 Å². The third-order valence-corrected chi connectivity index (χ3v) is 6.70. The number of rotatable bonds is 13. The fourth-order valence-corrected chi connectivity index (χ4v) is 4.48. The van der Waals surface area contributed by atoms with Crippen LogP contribution in [0, 0.1) is 11.3 Å². The second-order valence-electron chi connectivity index (χ2n) is 9.08. The van der Waals surface area contributed by atoms with Crippen LogP contribution in [0.4, 0.5) is 11.4 Å². The number of aliphatic hydroxyl groups excluding tert-OH is 1. The first kappa shape index (κ1) is 30.7. The highest BCUT2D eigenvalue weighted by Crippen LogP contribution is 2.15. The van der Waals surface area contributed by atoms with Gasteiger partial charge in [0.15, 0.2) is 5.57 Å². The van der Waals surface area contributed by atoms with E-state index in [9.17, 15) is 24.8 Å². The van der Waals surface area contributed by atoms with Crippen molar-refractivity contribution in [2.24, 2.45) is 0 Å². The summed E-state index contributed by atoms with van der Waals surface area (Å²) >= 11 is 1.08. The smallest absolute Gasteiger partial charge is 0.269 e. The maximum absolute atomic E-state index is 13.1. The van der Waals surface area contributed by atoms with Gasteiger partial charge in [-0.25, -0.2) is 0 Å². The van der Waals surface area contributed by atoms with Gasteiger partial charge in [0, 0.05) is 31.6 Å². The molecule has 206 valence electrons. The number of aromatic nitrogens is 1. The highest BCUT2D eigenvalue weighted by atomic mass is 32.1. The van der Waals surface area contributed by atoms with E-state index in [-0.39, 0.29) is 41.5 Å². The van der Waals surface area contributed by atoms with E-state index in [4.69, 9.17) is 9.47 Å². The van der Waals surface area contributed by atoms with Gasteiger partial charge in [0.2, 0.25) is 5.91 Å². The lowest BCUT2D eigenvalue weighted by atomic mass is 10.1. The van der Waals surface area contributed by atoms with Crippen molar-refractivity contribution in [2.75, 3.05) is 50.7 Å². The Morgan fingerprint density at radius 3 is 2.58 bits per heavy atom. The van der Waals surface area contributed by atoms with Crippen LogP contribution in [-0.4, -0.2) is 67.1 Å². The Morgan fingerprint density at radius 2 is 1.95 bits per heavy atom. The molecule has 0 aliphatic rings. The van der Waals surface area contributed by atoms with Crippen molar-refractivity contribution in [3.05, 3.63) is 43.8 Å². The molecule has 1 aromatic heterocycles. The number of anilines is 2. The summed E-state index contributed by atoms with van der Waals surface area (Å²) in [5.41, 5.74) is 0.645. The maximum Gasteiger partial charge on any atom is 0.269 e. The minimum Gasteiger partial charge on any atom is -0.394 e. The molecule has 0 fully saturated rings. The standard InChI is InChI=1S/C26H35N5O6S/c1-6-31-24(35)22(38-25(31)20(13-27)23(34)30-26(3,4)16-32)17(2)14-28-18-8-7-9-19(12-18)29-21(33)15-37-11-10-36-5/h7-9,12,28,32H,6,10-11,14-16H2,1-5H3,(H,29,33)(H,30,34)/b22-17?,25-20-. The lowest BCUT2D eigenvalue weighted by Crippen LogP contribution is -2.47. The fourth-order valence-electron chi connectivity index (χ4n) is 3.28. The van der Waals surface area contributed by atoms with Crippen molar-refractivity contribution in [3.63, 3.8) is 0 Å². The molecule has 0 bridgehead atoms. The number of ether oxygens (including phenoxy) is 2. The summed E-state index contributed by atoms with van der Waals surface area (Å²) in [6.07, 6.45) is 0. The zero-order valence-corrected chi connectivity index (χ0v) is 23.2. The summed E-state index contributed by atoms with van der Waals surface area (Å²) in [4.78, 5) is 37.9. The summed E-state index contributed by atoms with van der Waals surface area (Å²) < 4.78 is 12.2. The first-order valence-electron chi connectivity index (χ1n) is 12.0. The molecule has 1 aromatic carbocycles. The number of hydrogen-bond donors (Lipinski definition) is 4. The molecule has 2 amide bonds. The molecule has 0 saturated heterocycles. The number of thiazole rings is 1. The van der Waals surface area contributed by atoms with E-state index in [0.717, 1.165) is 22.6 Å². The van der Waals surface area contributed by atoms with Gasteiger partial charge in [0.25, 0.3) is 11.5 Å². The van der Waals surface area contributed by atoms with E-state index in [2.05, 4.69) is 16.0 Å². The van der Waals surface area contributed by atoms with Gasteiger partial charge in [-0.2, -0.15) is 5.26 Å². The van der Waals surface area contributed by atoms with Crippen LogP contribution in [0.1, 0.15) is 27.7 Å². The third kappa shape index (κ3) is 8.53. The number of methoxy groups -OCH3 is 1. The number of carbonyl (C=O) groups is 2. The van der Waals surface area contributed by atoms with Crippen molar-refractivity contribution >= 4 is 45.7 Å². The lowest BCUT2D eigenvalue weighted by molar-refractivity contribution is -0.121. The molecule has 0 aliphatic heterocycles. The molecule has 0 spiro atoms. The van der Waals surface area contributed by atoms with Gasteiger partial charge < -0.3 is 30.5 Å². The molecule has 2 aromatic rings. The molecule has 1 heterocycles. The number of nitrogens with one attached hydrogen (secondary N) is 3. The molecule has 0 atom stereocenters. The zero-order chi connectivity index (χ0) is 28.3. The molecule has 0 saturated carbocycles. The zero-order valence-electron chi connectivity index (χ0n) is 22.3. The molecule has 11 nitrogen and oxygen atoms in total. The van der Waals surface area contributed by atoms with Gasteiger partial charge in [0.1, 0.15) is 17.3 Å². The molecule has 38 heavy (non-hydrogen) atoms. The number of aliphatic hydroxyl groups is 1. The Hall–Kier alpha value is -3.50. The third-order valence-electron chi connectivity index (χ3n) is 5.36. The first-order valence-corrected chi connectivity index (χ1v) is 12.9. The van der Waals surface area contributed by atoms with Crippen LogP contribution in [0.2, 0.25) is 0 Å². The fraction of sp³-hybridized carbons (Fsp3) is 0.462. The average molecular weight is 546 g/mol. The normalized spacial score (nSPS) is 12.9. The molecule has 0 radical (unpaired) electrons. The predicted molar refractivity (Wildman–Crippen MR) is 147 cm³/mol. The minimum absolute atomic E-state index is 0.0878. The van der Waals surface area contributed by atoms with E-state index < -0.39 is 11.4 Å². The van der Waals surface area contributed by atoms with Gasteiger partial charge >= 0.3 is 0 Å². The number of nitrogens with zero attached hydrogens (tertiary/aromatic N) is 2. The predicted octanol–water partition coefficient (Wildman–Crippen LogP) is 0.375. The largest absolute Gasteiger partial charge is 0.394 e. The monoisotopic (exact) mass is 545 g/mol. The summed E-state index contributed by atoms with van der Waals surface area (Å²) in [5, 5.41) is 27.8. The Labute approximate surface area is 225 Å². The van der Waals surface area contributed by atoms with Crippen molar-refractivity contribution < 1.29 is 24.2 Å². The van der Waals surface area contributed by atoms with Crippen LogP contribution in [0.15, 0.2) is 29.1 Å². The topological polar surface area (TPSA) is 155 Å². The maximum atomic E-state index is 13.1. The van der Waals surface area contributed by atoms with E-state index in [1.807, 2.05) is 12.1 Å². The van der Waals surface area contributed by atoms with Crippen LogP contribution in [0.25, 0.3) is 11.1 Å².